The number of likely N-dealkylation sites (tertiary alicyclic amines) is 1. The van der Waals surface area contributed by atoms with Crippen LogP contribution >= 0.6 is 22.9 Å². The number of hydrogen-bond donors (Lipinski definition) is 1. The van der Waals surface area contributed by atoms with Crippen LogP contribution in [-0.2, 0) is 0 Å². The van der Waals surface area contributed by atoms with Crippen molar-refractivity contribution in [1.29, 1.82) is 0 Å². The molecule has 26 heavy (non-hydrogen) atoms. The maximum absolute atomic E-state index is 13.1. The number of aryl methyl sites for hydroxylation is 1. The SMILES string of the molecule is Cc1nn(-c2ccccc2Cl)c2sc(C(=O)N3CC(CN)CC3C)cc12. The Balaban J connectivity index is 1.74. The molecule has 1 aromatic carbocycles. The zero-order valence-corrected chi connectivity index (χ0v) is 16.3. The summed E-state index contributed by atoms with van der Waals surface area (Å²) in [5, 5.41) is 6.26. The first-order valence-corrected chi connectivity index (χ1v) is 9.94. The summed E-state index contributed by atoms with van der Waals surface area (Å²) in [5.74, 6) is 0.475. The quantitative estimate of drug-likeness (QED) is 0.741. The predicted molar refractivity (Wildman–Crippen MR) is 106 cm³/mol. The van der Waals surface area contributed by atoms with Crippen molar-refractivity contribution in [2.24, 2.45) is 11.7 Å². The Morgan fingerprint density at radius 3 is 2.88 bits per heavy atom. The lowest BCUT2D eigenvalue weighted by molar-refractivity contribution is 0.0748. The van der Waals surface area contributed by atoms with Crippen LogP contribution in [0.2, 0.25) is 5.02 Å². The summed E-state index contributed by atoms with van der Waals surface area (Å²) in [7, 11) is 0. The highest BCUT2D eigenvalue weighted by atomic mass is 35.5. The standard InChI is InChI=1S/C19H21ClN4OS/c1-11-7-13(9-21)10-23(11)18(25)17-8-14-12(2)22-24(19(14)26-17)16-6-4-3-5-15(16)20/h3-6,8,11,13H,7,9-10,21H2,1-2H3. The third-order valence-electron chi connectivity index (χ3n) is 5.09. The lowest BCUT2D eigenvalue weighted by Gasteiger charge is -2.20. The van der Waals surface area contributed by atoms with Crippen LogP contribution in [0.3, 0.4) is 0 Å². The van der Waals surface area contributed by atoms with Crippen LogP contribution in [0.1, 0.15) is 28.7 Å². The van der Waals surface area contributed by atoms with Crippen LogP contribution in [0.15, 0.2) is 30.3 Å². The molecule has 2 aromatic heterocycles. The van der Waals surface area contributed by atoms with E-state index in [4.69, 9.17) is 17.3 Å². The second-order valence-corrected chi connectivity index (χ2v) is 8.36. The number of aromatic nitrogens is 2. The Morgan fingerprint density at radius 1 is 1.42 bits per heavy atom. The molecule has 0 radical (unpaired) electrons. The number of nitrogens with two attached hydrogens (primary N) is 1. The van der Waals surface area contributed by atoms with Crippen molar-refractivity contribution in [3.05, 3.63) is 45.9 Å². The van der Waals surface area contributed by atoms with E-state index in [9.17, 15) is 4.79 Å². The molecule has 0 aliphatic carbocycles. The minimum Gasteiger partial charge on any atom is -0.335 e. The Hall–Kier alpha value is -1.89. The van der Waals surface area contributed by atoms with Crippen LogP contribution < -0.4 is 5.73 Å². The van der Waals surface area contributed by atoms with Crippen molar-refractivity contribution in [3.8, 4) is 5.69 Å². The van der Waals surface area contributed by atoms with Gasteiger partial charge in [0.1, 0.15) is 4.83 Å². The van der Waals surface area contributed by atoms with Crippen LogP contribution in [0.4, 0.5) is 0 Å². The van der Waals surface area contributed by atoms with E-state index in [1.54, 1.807) is 0 Å². The molecule has 2 N–H and O–H groups in total. The summed E-state index contributed by atoms with van der Waals surface area (Å²) in [6, 6.07) is 9.79. The molecule has 1 saturated heterocycles. The average molecular weight is 389 g/mol. The number of nitrogens with zero attached hydrogens (tertiary/aromatic N) is 3. The fraction of sp³-hybridized carbons (Fsp3) is 0.368. The number of fused-ring (bicyclic) bond motifs is 1. The first kappa shape index (κ1) is 17.5. The van der Waals surface area contributed by atoms with Gasteiger partial charge >= 0.3 is 0 Å². The zero-order valence-electron chi connectivity index (χ0n) is 14.8. The molecule has 4 rings (SSSR count). The second kappa shape index (κ2) is 6.68. The molecule has 1 fully saturated rings. The van der Waals surface area contributed by atoms with Gasteiger partial charge in [0.25, 0.3) is 5.91 Å². The van der Waals surface area contributed by atoms with E-state index < -0.39 is 0 Å². The largest absolute Gasteiger partial charge is 0.335 e. The molecule has 2 atom stereocenters. The van der Waals surface area contributed by atoms with Crippen molar-refractivity contribution in [2.45, 2.75) is 26.3 Å². The first-order chi connectivity index (χ1) is 12.5. The Kier molecular flexibility index (Phi) is 4.50. The number of thiophene rings is 1. The molecule has 1 aliphatic rings. The average Bonchev–Trinajstić information content (AvgIpc) is 3.30. The minimum atomic E-state index is 0.0831. The van der Waals surface area contributed by atoms with Crippen molar-refractivity contribution in [3.63, 3.8) is 0 Å². The summed E-state index contributed by atoms with van der Waals surface area (Å²) in [6.45, 7) is 5.42. The van der Waals surface area contributed by atoms with Gasteiger partial charge in [-0.25, -0.2) is 4.68 Å². The lowest BCUT2D eigenvalue weighted by Crippen LogP contribution is -2.33. The fourth-order valence-corrected chi connectivity index (χ4v) is 5.02. The third-order valence-corrected chi connectivity index (χ3v) is 6.51. The number of para-hydroxylation sites is 1. The summed E-state index contributed by atoms with van der Waals surface area (Å²) in [4.78, 5) is 16.7. The van der Waals surface area contributed by atoms with Gasteiger partial charge < -0.3 is 10.6 Å². The van der Waals surface area contributed by atoms with E-state index in [0.29, 0.717) is 17.5 Å². The van der Waals surface area contributed by atoms with E-state index in [2.05, 4.69) is 12.0 Å². The molecule has 7 heteroatoms. The number of benzene rings is 1. The summed E-state index contributed by atoms with van der Waals surface area (Å²) in [6.07, 6.45) is 0.972. The van der Waals surface area contributed by atoms with Crippen LogP contribution in [0, 0.1) is 12.8 Å². The smallest absolute Gasteiger partial charge is 0.264 e. The van der Waals surface area contributed by atoms with Gasteiger partial charge in [0, 0.05) is 18.0 Å². The van der Waals surface area contributed by atoms with Gasteiger partial charge in [0.2, 0.25) is 0 Å². The van der Waals surface area contributed by atoms with Crippen molar-refractivity contribution >= 4 is 39.1 Å². The van der Waals surface area contributed by atoms with Gasteiger partial charge in [-0.15, -0.1) is 11.3 Å². The van der Waals surface area contributed by atoms with E-state index in [1.807, 2.05) is 46.8 Å². The lowest BCUT2D eigenvalue weighted by atomic mass is 10.1. The maximum atomic E-state index is 13.1. The molecule has 3 heterocycles. The van der Waals surface area contributed by atoms with E-state index in [-0.39, 0.29) is 11.9 Å². The van der Waals surface area contributed by atoms with Crippen LogP contribution in [0.25, 0.3) is 15.9 Å². The highest BCUT2D eigenvalue weighted by Crippen LogP contribution is 2.34. The van der Waals surface area contributed by atoms with Gasteiger partial charge in [-0.05, 0) is 50.9 Å². The topological polar surface area (TPSA) is 64.2 Å². The van der Waals surface area contributed by atoms with E-state index in [1.165, 1.54) is 11.3 Å². The Labute approximate surface area is 161 Å². The first-order valence-electron chi connectivity index (χ1n) is 8.74. The highest BCUT2D eigenvalue weighted by molar-refractivity contribution is 7.20. The fourth-order valence-electron chi connectivity index (χ4n) is 3.68. The van der Waals surface area contributed by atoms with Gasteiger partial charge in [-0.2, -0.15) is 5.10 Å². The number of carbonyl (C=O) groups excluding carboxylic acids is 1. The molecular weight excluding hydrogens is 368 g/mol. The van der Waals surface area contributed by atoms with Crippen molar-refractivity contribution in [2.75, 3.05) is 13.1 Å². The highest BCUT2D eigenvalue weighted by Gasteiger charge is 2.33. The molecule has 136 valence electrons. The van der Waals surface area contributed by atoms with E-state index >= 15 is 0 Å². The Morgan fingerprint density at radius 2 is 2.19 bits per heavy atom. The van der Waals surface area contributed by atoms with Gasteiger partial charge in [-0.1, -0.05) is 23.7 Å². The van der Waals surface area contributed by atoms with E-state index in [0.717, 1.165) is 39.4 Å². The minimum absolute atomic E-state index is 0.0831. The number of amides is 1. The zero-order chi connectivity index (χ0) is 18.4. The molecule has 5 nitrogen and oxygen atoms in total. The second-order valence-electron chi connectivity index (χ2n) is 6.92. The van der Waals surface area contributed by atoms with Crippen molar-refractivity contribution < 1.29 is 4.79 Å². The summed E-state index contributed by atoms with van der Waals surface area (Å²) < 4.78 is 1.84. The molecule has 1 amide bonds. The van der Waals surface area contributed by atoms with Crippen molar-refractivity contribution in [1.82, 2.24) is 14.7 Å². The Bertz CT molecular complexity index is 979. The molecule has 0 spiro atoms. The van der Waals surface area contributed by atoms with Crippen LogP contribution in [0.5, 0.6) is 0 Å². The number of halogens is 1. The number of rotatable bonds is 3. The van der Waals surface area contributed by atoms with Crippen LogP contribution in [-0.4, -0.2) is 39.7 Å². The molecule has 2 unspecified atom stereocenters. The molecule has 0 saturated carbocycles. The monoisotopic (exact) mass is 388 g/mol. The molecular formula is C19H21ClN4OS. The van der Waals surface area contributed by atoms with Gasteiger partial charge in [0.05, 0.1) is 21.3 Å². The summed E-state index contributed by atoms with van der Waals surface area (Å²) in [5.41, 5.74) is 7.52. The molecule has 3 aromatic rings. The van der Waals surface area contributed by atoms with Gasteiger partial charge in [0.15, 0.2) is 0 Å². The third kappa shape index (κ3) is 2.82. The normalized spacial score (nSPS) is 20.2. The van der Waals surface area contributed by atoms with Gasteiger partial charge in [-0.3, -0.25) is 4.79 Å². The number of carbonyl (C=O) groups is 1. The molecule has 1 aliphatic heterocycles. The molecule has 0 bridgehead atoms. The summed E-state index contributed by atoms with van der Waals surface area (Å²) >= 11 is 7.82. The number of hydrogen-bond acceptors (Lipinski definition) is 4. The predicted octanol–water partition coefficient (Wildman–Crippen LogP) is 3.86. The maximum Gasteiger partial charge on any atom is 0.264 e.